The van der Waals surface area contributed by atoms with Crippen LogP contribution in [0.1, 0.15) is 27.7 Å². The minimum absolute atomic E-state index is 0.287. The lowest BCUT2D eigenvalue weighted by atomic mass is 9.82. The van der Waals surface area contributed by atoms with Gasteiger partial charge in [0.1, 0.15) is 18.0 Å². The zero-order valence-corrected chi connectivity index (χ0v) is 10.4. The number of nitrogens with two attached hydrogens (primary N) is 1. The molecule has 0 aliphatic rings. The maximum absolute atomic E-state index is 5.28. The van der Waals surface area contributed by atoms with Crippen molar-refractivity contribution in [2.45, 2.75) is 27.7 Å². The Morgan fingerprint density at radius 2 is 1.94 bits per heavy atom. The lowest BCUT2D eigenvalue weighted by molar-refractivity contribution is 0.274. The monoisotopic (exact) mass is 223 g/mol. The Labute approximate surface area is 96.8 Å². The van der Waals surface area contributed by atoms with Crippen molar-refractivity contribution < 1.29 is 0 Å². The van der Waals surface area contributed by atoms with Crippen LogP contribution in [-0.4, -0.2) is 16.5 Å². The smallest absolute Gasteiger partial charge is 0.145 e. The quantitative estimate of drug-likeness (QED) is 0.536. The Bertz CT molecular complexity index is 331. The maximum Gasteiger partial charge on any atom is 0.145 e. The fraction of sp³-hybridized carbons (Fsp3) is 0.636. The molecule has 0 saturated heterocycles. The van der Waals surface area contributed by atoms with Crippen molar-refractivity contribution in [3.05, 3.63) is 12.4 Å². The molecule has 0 radical (unpaired) electrons. The zero-order valence-electron chi connectivity index (χ0n) is 10.4. The summed E-state index contributed by atoms with van der Waals surface area (Å²) in [5.41, 5.74) is 2.78. The summed E-state index contributed by atoms with van der Waals surface area (Å²) in [6.07, 6.45) is 1.49. The van der Waals surface area contributed by atoms with Crippen molar-refractivity contribution in [2.75, 3.05) is 17.3 Å². The number of hydrogen-bond donors (Lipinski definition) is 3. The number of aromatic nitrogens is 2. The Kier molecular flexibility index (Phi) is 4.06. The molecule has 0 aliphatic carbocycles. The fourth-order valence-electron chi connectivity index (χ4n) is 1.10. The first-order chi connectivity index (χ1) is 7.43. The summed E-state index contributed by atoms with van der Waals surface area (Å²) < 4.78 is 0. The van der Waals surface area contributed by atoms with Crippen molar-refractivity contribution >= 4 is 11.6 Å². The van der Waals surface area contributed by atoms with Gasteiger partial charge < -0.3 is 10.7 Å². The molecule has 4 N–H and O–H groups in total. The van der Waals surface area contributed by atoms with Crippen molar-refractivity contribution in [1.29, 1.82) is 0 Å². The third-order valence-electron chi connectivity index (χ3n) is 2.88. The molecule has 1 atom stereocenters. The van der Waals surface area contributed by atoms with Gasteiger partial charge in [0.2, 0.25) is 0 Å². The van der Waals surface area contributed by atoms with E-state index in [1.54, 1.807) is 6.07 Å². The topological polar surface area (TPSA) is 75.9 Å². The van der Waals surface area contributed by atoms with Gasteiger partial charge >= 0.3 is 0 Å². The van der Waals surface area contributed by atoms with Crippen LogP contribution in [0.4, 0.5) is 11.6 Å². The van der Waals surface area contributed by atoms with Crippen molar-refractivity contribution in [1.82, 2.24) is 9.97 Å². The van der Waals surface area contributed by atoms with E-state index in [-0.39, 0.29) is 5.41 Å². The predicted molar refractivity (Wildman–Crippen MR) is 67.0 cm³/mol. The molecule has 0 bridgehead atoms. The third-order valence-corrected chi connectivity index (χ3v) is 2.88. The minimum Gasteiger partial charge on any atom is -0.370 e. The van der Waals surface area contributed by atoms with Gasteiger partial charge in [0.25, 0.3) is 0 Å². The molecule has 0 amide bonds. The van der Waals surface area contributed by atoms with Gasteiger partial charge in [-0.15, -0.1) is 0 Å². The maximum atomic E-state index is 5.28. The molecular formula is C11H21N5. The minimum atomic E-state index is 0.287. The van der Waals surface area contributed by atoms with Gasteiger partial charge in [0.05, 0.1) is 0 Å². The predicted octanol–water partition coefficient (Wildman–Crippen LogP) is 1.86. The molecule has 90 valence electrons. The molecule has 1 aromatic rings. The van der Waals surface area contributed by atoms with Crippen LogP contribution in [0, 0.1) is 11.3 Å². The molecule has 0 aliphatic heterocycles. The van der Waals surface area contributed by atoms with Crippen LogP contribution in [0.25, 0.3) is 0 Å². The second-order valence-electron chi connectivity index (χ2n) is 5.08. The van der Waals surface area contributed by atoms with E-state index in [2.05, 4.69) is 48.4 Å². The summed E-state index contributed by atoms with van der Waals surface area (Å²) in [5.74, 6) is 7.23. The van der Waals surface area contributed by atoms with Crippen LogP contribution in [-0.2, 0) is 0 Å². The van der Waals surface area contributed by atoms with Crippen molar-refractivity contribution in [2.24, 2.45) is 17.2 Å². The molecule has 5 heteroatoms. The highest BCUT2D eigenvalue weighted by Crippen LogP contribution is 2.25. The summed E-state index contributed by atoms with van der Waals surface area (Å²) in [4.78, 5) is 8.07. The molecule has 0 spiro atoms. The number of hydrogen-bond acceptors (Lipinski definition) is 5. The fourth-order valence-corrected chi connectivity index (χ4v) is 1.10. The Balaban J connectivity index is 2.54. The average Bonchev–Trinajstić information content (AvgIpc) is 2.25. The summed E-state index contributed by atoms with van der Waals surface area (Å²) in [6, 6.07) is 1.79. The van der Waals surface area contributed by atoms with Gasteiger partial charge in [0.15, 0.2) is 0 Å². The Morgan fingerprint density at radius 3 is 2.50 bits per heavy atom. The van der Waals surface area contributed by atoms with Crippen LogP contribution < -0.4 is 16.6 Å². The van der Waals surface area contributed by atoms with Crippen LogP contribution >= 0.6 is 0 Å². The number of anilines is 2. The lowest BCUT2D eigenvalue weighted by Crippen LogP contribution is -2.25. The summed E-state index contributed by atoms with van der Waals surface area (Å²) in [7, 11) is 0. The van der Waals surface area contributed by atoms with Gasteiger partial charge in [-0.25, -0.2) is 15.8 Å². The first-order valence-electron chi connectivity index (χ1n) is 5.46. The van der Waals surface area contributed by atoms with E-state index in [0.29, 0.717) is 11.7 Å². The highest BCUT2D eigenvalue weighted by Gasteiger charge is 2.19. The van der Waals surface area contributed by atoms with Crippen molar-refractivity contribution in [3.8, 4) is 0 Å². The number of nitrogen functional groups attached to an aromatic ring is 1. The third kappa shape index (κ3) is 3.66. The van der Waals surface area contributed by atoms with Crippen molar-refractivity contribution in [3.63, 3.8) is 0 Å². The van der Waals surface area contributed by atoms with Gasteiger partial charge in [-0.1, -0.05) is 27.7 Å². The van der Waals surface area contributed by atoms with Crippen LogP contribution in [0.2, 0.25) is 0 Å². The van der Waals surface area contributed by atoms with Gasteiger partial charge in [-0.2, -0.15) is 0 Å². The van der Waals surface area contributed by atoms with E-state index in [1.165, 1.54) is 6.33 Å². The largest absolute Gasteiger partial charge is 0.370 e. The lowest BCUT2D eigenvalue weighted by Gasteiger charge is -2.27. The molecule has 0 saturated carbocycles. The standard InChI is InChI=1S/C11H21N5/c1-8(11(2,3)4)6-13-9-5-10(16-12)15-7-14-9/h5,7-8H,6,12H2,1-4H3,(H2,13,14,15,16). The van der Waals surface area contributed by atoms with Crippen LogP contribution in [0.5, 0.6) is 0 Å². The summed E-state index contributed by atoms with van der Waals surface area (Å²) >= 11 is 0. The normalized spacial score (nSPS) is 13.3. The highest BCUT2D eigenvalue weighted by molar-refractivity contribution is 5.45. The van der Waals surface area contributed by atoms with Gasteiger partial charge in [-0.3, -0.25) is 0 Å². The second kappa shape index (κ2) is 5.12. The first-order valence-corrected chi connectivity index (χ1v) is 5.46. The Morgan fingerprint density at radius 1 is 1.31 bits per heavy atom. The SMILES string of the molecule is CC(CNc1cc(NN)ncn1)C(C)(C)C. The van der Waals surface area contributed by atoms with E-state index in [0.717, 1.165) is 12.4 Å². The van der Waals surface area contributed by atoms with E-state index < -0.39 is 0 Å². The number of nitrogens with zero attached hydrogens (tertiary/aromatic N) is 2. The van der Waals surface area contributed by atoms with Crippen LogP contribution in [0.3, 0.4) is 0 Å². The number of hydrazine groups is 1. The molecular weight excluding hydrogens is 202 g/mol. The van der Waals surface area contributed by atoms with E-state index in [9.17, 15) is 0 Å². The molecule has 1 aromatic heterocycles. The molecule has 5 nitrogen and oxygen atoms in total. The molecule has 0 fully saturated rings. The van der Waals surface area contributed by atoms with Gasteiger partial charge in [0, 0.05) is 12.6 Å². The summed E-state index contributed by atoms with van der Waals surface area (Å²) in [5, 5.41) is 3.28. The van der Waals surface area contributed by atoms with Gasteiger partial charge in [-0.05, 0) is 11.3 Å². The molecule has 1 rings (SSSR count). The highest BCUT2D eigenvalue weighted by atomic mass is 15.3. The number of rotatable bonds is 4. The van der Waals surface area contributed by atoms with E-state index in [1.807, 2.05) is 0 Å². The molecule has 1 unspecified atom stereocenters. The van der Waals surface area contributed by atoms with E-state index in [4.69, 9.17) is 5.84 Å². The molecule has 0 aromatic carbocycles. The molecule has 16 heavy (non-hydrogen) atoms. The summed E-state index contributed by atoms with van der Waals surface area (Å²) in [6.45, 7) is 9.78. The second-order valence-corrected chi connectivity index (χ2v) is 5.08. The Hall–Kier alpha value is -1.36. The number of nitrogens with one attached hydrogen (secondary N) is 2. The van der Waals surface area contributed by atoms with E-state index >= 15 is 0 Å². The molecule has 1 heterocycles. The van der Waals surface area contributed by atoms with Crippen LogP contribution in [0.15, 0.2) is 12.4 Å². The average molecular weight is 223 g/mol. The zero-order chi connectivity index (χ0) is 12.2. The first kappa shape index (κ1) is 12.7.